The molecule has 1 aromatic carbocycles. The highest BCUT2D eigenvalue weighted by Crippen LogP contribution is 2.33. The summed E-state index contributed by atoms with van der Waals surface area (Å²) in [5.41, 5.74) is 0. The molecular weight excluding hydrogens is 339 g/mol. The van der Waals surface area contributed by atoms with Crippen molar-refractivity contribution < 1.29 is 22.6 Å². The van der Waals surface area contributed by atoms with Gasteiger partial charge in [0.25, 0.3) is 0 Å². The van der Waals surface area contributed by atoms with Gasteiger partial charge in [0.1, 0.15) is 18.1 Å². The van der Waals surface area contributed by atoms with Crippen LogP contribution in [-0.4, -0.2) is 26.1 Å². The largest absolute Gasteiger partial charge is 0.573 e. The monoisotopic (exact) mass is 355 g/mol. The zero-order valence-corrected chi connectivity index (χ0v) is 12.7. The molecule has 0 aliphatic carbocycles. The van der Waals surface area contributed by atoms with Crippen LogP contribution in [-0.2, 0) is 0 Å². The van der Waals surface area contributed by atoms with Crippen molar-refractivity contribution in [1.82, 2.24) is 5.32 Å². The fourth-order valence-corrected chi connectivity index (χ4v) is 1.89. The van der Waals surface area contributed by atoms with Crippen molar-refractivity contribution in [3.63, 3.8) is 0 Å². The summed E-state index contributed by atoms with van der Waals surface area (Å²) >= 11 is 3.02. The minimum absolute atomic E-state index is 0.200. The van der Waals surface area contributed by atoms with Crippen LogP contribution in [0, 0.1) is 0 Å². The maximum Gasteiger partial charge on any atom is 0.573 e. The summed E-state index contributed by atoms with van der Waals surface area (Å²) in [5.74, 6) is 0.203. The molecule has 114 valence electrons. The second-order valence-corrected chi connectivity index (χ2v) is 4.95. The molecule has 1 N–H and O–H groups in total. The van der Waals surface area contributed by atoms with Crippen LogP contribution in [0.4, 0.5) is 13.2 Å². The third-order valence-electron chi connectivity index (χ3n) is 2.38. The molecule has 0 bridgehead atoms. The molecule has 0 aromatic heterocycles. The normalized spacial score (nSPS) is 11.4. The van der Waals surface area contributed by atoms with Crippen molar-refractivity contribution in [3.8, 4) is 11.5 Å². The number of hydrogen-bond donors (Lipinski definition) is 1. The van der Waals surface area contributed by atoms with E-state index < -0.39 is 6.36 Å². The molecule has 0 spiro atoms. The minimum Gasteiger partial charge on any atom is -0.492 e. The smallest absolute Gasteiger partial charge is 0.492 e. The quantitative estimate of drug-likeness (QED) is 0.711. The van der Waals surface area contributed by atoms with Crippen molar-refractivity contribution >= 4 is 15.9 Å². The Morgan fingerprint density at radius 1 is 1.25 bits per heavy atom. The van der Waals surface area contributed by atoms with Gasteiger partial charge >= 0.3 is 6.36 Å². The Morgan fingerprint density at radius 3 is 2.60 bits per heavy atom. The topological polar surface area (TPSA) is 30.5 Å². The van der Waals surface area contributed by atoms with E-state index in [-0.39, 0.29) is 10.2 Å². The van der Waals surface area contributed by atoms with Gasteiger partial charge in [-0.05, 0) is 47.1 Å². The second-order valence-electron chi connectivity index (χ2n) is 4.09. The molecule has 0 saturated carbocycles. The highest BCUT2D eigenvalue weighted by Gasteiger charge is 2.31. The zero-order valence-electron chi connectivity index (χ0n) is 11.1. The molecule has 0 amide bonds. The summed E-state index contributed by atoms with van der Waals surface area (Å²) in [6, 6.07) is 4.11. The minimum atomic E-state index is -4.70. The Bertz CT molecular complexity index is 413. The lowest BCUT2D eigenvalue weighted by molar-refractivity contribution is -0.274. The van der Waals surface area contributed by atoms with E-state index >= 15 is 0 Å². The predicted octanol–water partition coefficient (Wildman–Crippen LogP) is 4.12. The summed E-state index contributed by atoms with van der Waals surface area (Å²) in [7, 11) is 0. The summed E-state index contributed by atoms with van der Waals surface area (Å²) in [6.07, 6.45) is -2.47. The first-order valence-corrected chi connectivity index (χ1v) is 7.10. The zero-order chi connectivity index (χ0) is 15.0. The van der Waals surface area contributed by atoms with Gasteiger partial charge in [-0.25, -0.2) is 0 Å². The van der Waals surface area contributed by atoms with Gasteiger partial charge in [0.15, 0.2) is 0 Å². The fourth-order valence-electron chi connectivity index (χ4n) is 1.45. The van der Waals surface area contributed by atoms with Gasteiger partial charge in [-0.15, -0.1) is 13.2 Å². The van der Waals surface area contributed by atoms with E-state index in [1.807, 2.05) is 0 Å². The molecule has 0 aliphatic rings. The number of halogens is 4. The van der Waals surface area contributed by atoms with E-state index in [0.29, 0.717) is 18.9 Å². The Kier molecular flexibility index (Phi) is 7.15. The summed E-state index contributed by atoms with van der Waals surface area (Å²) < 4.78 is 45.7. The predicted molar refractivity (Wildman–Crippen MR) is 74.1 cm³/mol. The molecule has 20 heavy (non-hydrogen) atoms. The molecule has 0 atom stereocenters. The summed E-state index contributed by atoms with van der Waals surface area (Å²) in [5, 5.41) is 3.20. The highest BCUT2D eigenvalue weighted by atomic mass is 79.9. The van der Waals surface area contributed by atoms with Gasteiger partial charge in [-0.1, -0.05) is 13.3 Å². The van der Waals surface area contributed by atoms with Crippen molar-refractivity contribution in [2.45, 2.75) is 26.1 Å². The molecule has 0 saturated heterocycles. The number of hydrogen-bond acceptors (Lipinski definition) is 3. The van der Waals surface area contributed by atoms with E-state index in [1.54, 1.807) is 0 Å². The van der Waals surface area contributed by atoms with Crippen molar-refractivity contribution in [1.29, 1.82) is 0 Å². The van der Waals surface area contributed by atoms with E-state index in [1.165, 1.54) is 18.2 Å². The molecule has 0 aliphatic heterocycles. The standard InChI is InChI=1S/C13H17BrF3NO2/c1-2-3-6-18-7-8-19-10-4-5-12(11(14)9-10)20-13(15,16)17/h4-5,9,18H,2-3,6-8H2,1H3. The van der Waals surface area contributed by atoms with Crippen molar-refractivity contribution in [3.05, 3.63) is 22.7 Å². The van der Waals surface area contributed by atoms with Crippen LogP contribution in [0.25, 0.3) is 0 Å². The summed E-state index contributed by atoms with van der Waals surface area (Å²) in [4.78, 5) is 0. The average Bonchev–Trinajstić information content (AvgIpc) is 2.35. The highest BCUT2D eigenvalue weighted by molar-refractivity contribution is 9.10. The lowest BCUT2D eigenvalue weighted by Gasteiger charge is -2.12. The van der Waals surface area contributed by atoms with Crippen LogP contribution in [0.5, 0.6) is 11.5 Å². The first-order chi connectivity index (χ1) is 9.42. The molecule has 1 aromatic rings. The maximum absolute atomic E-state index is 12.1. The number of rotatable bonds is 8. The van der Waals surface area contributed by atoms with E-state index in [4.69, 9.17) is 4.74 Å². The number of nitrogens with one attached hydrogen (secondary N) is 1. The molecule has 1 rings (SSSR count). The van der Waals surface area contributed by atoms with Crippen LogP contribution < -0.4 is 14.8 Å². The van der Waals surface area contributed by atoms with Crippen LogP contribution in [0.3, 0.4) is 0 Å². The third-order valence-corrected chi connectivity index (χ3v) is 3.00. The lowest BCUT2D eigenvalue weighted by atomic mass is 10.3. The Balaban J connectivity index is 2.39. The van der Waals surface area contributed by atoms with Gasteiger partial charge in [0, 0.05) is 6.54 Å². The summed E-state index contributed by atoms with van der Waals surface area (Å²) in [6.45, 7) is 4.19. The number of unbranched alkanes of at least 4 members (excludes halogenated alkanes) is 1. The van der Waals surface area contributed by atoms with E-state index in [2.05, 4.69) is 32.9 Å². The van der Waals surface area contributed by atoms with Crippen LogP contribution >= 0.6 is 15.9 Å². The Labute approximate surface area is 124 Å². The van der Waals surface area contributed by atoms with Gasteiger partial charge in [-0.2, -0.15) is 0 Å². The van der Waals surface area contributed by atoms with Gasteiger partial charge in [0.05, 0.1) is 4.47 Å². The molecule has 0 radical (unpaired) electrons. The van der Waals surface area contributed by atoms with Crippen LogP contribution in [0.15, 0.2) is 22.7 Å². The maximum atomic E-state index is 12.1. The van der Waals surface area contributed by atoms with Crippen molar-refractivity contribution in [2.75, 3.05) is 19.7 Å². The lowest BCUT2D eigenvalue weighted by Crippen LogP contribution is -2.22. The SMILES string of the molecule is CCCCNCCOc1ccc(OC(F)(F)F)c(Br)c1. The molecule has 0 heterocycles. The van der Waals surface area contributed by atoms with Gasteiger partial charge < -0.3 is 14.8 Å². The molecule has 0 fully saturated rings. The first-order valence-electron chi connectivity index (χ1n) is 6.31. The van der Waals surface area contributed by atoms with Gasteiger partial charge in [0.2, 0.25) is 0 Å². The second kappa shape index (κ2) is 8.36. The Hall–Kier alpha value is -0.950. The number of alkyl halides is 3. The van der Waals surface area contributed by atoms with Gasteiger partial charge in [-0.3, -0.25) is 0 Å². The molecule has 3 nitrogen and oxygen atoms in total. The van der Waals surface area contributed by atoms with Crippen LogP contribution in [0.1, 0.15) is 19.8 Å². The number of ether oxygens (including phenoxy) is 2. The molecule has 7 heteroatoms. The van der Waals surface area contributed by atoms with E-state index in [0.717, 1.165) is 19.4 Å². The molecule has 0 unspecified atom stereocenters. The number of benzene rings is 1. The van der Waals surface area contributed by atoms with E-state index in [9.17, 15) is 13.2 Å². The van der Waals surface area contributed by atoms with Crippen LogP contribution in [0.2, 0.25) is 0 Å². The fraction of sp³-hybridized carbons (Fsp3) is 0.538. The molecular formula is C13H17BrF3NO2. The third kappa shape index (κ3) is 7.00. The van der Waals surface area contributed by atoms with Crippen molar-refractivity contribution in [2.24, 2.45) is 0 Å². The Morgan fingerprint density at radius 2 is 2.00 bits per heavy atom. The average molecular weight is 356 g/mol. The first kappa shape index (κ1) is 17.1.